The van der Waals surface area contributed by atoms with Gasteiger partial charge in [-0.2, -0.15) is 0 Å². The van der Waals surface area contributed by atoms with E-state index >= 15 is 0 Å². The van der Waals surface area contributed by atoms with Gasteiger partial charge < -0.3 is 14.6 Å². The largest absolute Gasteiger partial charge is 0.393 e. The molecule has 0 aromatic rings. The van der Waals surface area contributed by atoms with Crippen LogP contribution in [0.2, 0.25) is 0 Å². The van der Waals surface area contributed by atoms with E-state index in [0.717, 1.165) is 19.3 Å². The van der Waals surface area contributed by atoms with Gasteiger partial charge >= 0.3 is 0 Å². The Hall–Kier alpha value is -0.450. The summed E-state index contributed by atoms with van der Waals surface area (Å²) in [5, 5.41) is 11.1. The number of aliphatic hydroxyl groups excluding tert-OH is 1. The van der Waals surface area contributed by atoms with Gasteiger partial charge in [0.1, 0.15) is 5.78 Å². The number of carbonyl (C=O) groups excluding carboxylic acids is 1. The van der Waals surface area contributed by atoms with E-state index < -0.39 is 6.10 Å². The Morgan fingerprint density at radius 3 is 2.46 bits per heavy atom. The average molecular weight is 336 g/mol. The summed E-state index contributed by atoms with van der Waals surface area (Å²) < 4.78 is 12.0. The molecule has 4 aliphatic rings. The van der Waals surface area contributed by atoms with Crippen molar-refractivity contribution in [2.75, 3.05) is 0 Å². The molecule has 8 unspecified atom stereocenters. The molecule has 2 saturated heterocycles. The zero-order chi connectivity index (χ0) is 17.5. The topological polar surface area (TPSA) is 62.4 Å². The summed E-state index contributed by atoms with van der Waals surface area (Å²) in [7, 11) is 0. The first-order valence-corrected chi connectivity index (χ1v) is 9.63. The number of ketones is 1. The van der Waals surface area contributed by atoms with Crippen molar-refractivity contribution in [2.24, 2.45) is 23.2 Å². The van der Waals surface area contributed by atoms with E-state index in [9.17, 15) is 9.90 Å². The van der Waals surface area contributed by atoms with Crippen LogP contribution in [0.25, 0.3) is 0 Å². The summed E-state index contributed by atoms with van der Waals surface area (Å²) >= 11 is 0. The Kier molecular flexibility index (Phi) is 3.57. The number of fused-ring (bicyclic) bond motifs is 4. The highest BCUT2D eigenvalue weighted by Crippen LogP contribution is 2.57. The van der Waals surface area contributed by atoms with Gasteiger partial charge in [0.15, 0.2) is 0 Å². The Labute approximate surface area is 145 Å². The molecular weight excluding hydrogens is 304 g/mol. The molecule has 0 radical (unpaired) electrons. The van der Waals surface area contributed by atoms with E-state index in [-0.39, 0.29) is 46.6 Å². The molecule has 0 aromatic carbocycles. The molecule has 2 bridgehead atoms. The van der Waals surface area contributed by atoms with E-state index in [4.69, 9.17) is 9.47 Å². The van der Waals surface area contributed by atoms with Crippen molar-refractivity contribution in [2.45, 2.75) is 96.2 Å². The van der Waals surface area contributed by atoms with Crippen LogP contribution in [0, 0.1) is 23.2 Å². The molecule has 0 amide bonds. The summed E-state index contributed by atoms with van der Waals surface area (Å²) in [5.41, 5.74) is -0.340. The van der Waals surface area contributed by atoms with Gasteiger partial charge in [0.05, 0.1) is 29.5 Å². The molecule has 4 nitrogen and oxygen atoms in total. The van der Waals surface area contributed by atoms with Gasteiger partial charge in [-0.05, 0) is 50.4 Å². The van der Waals surface area contributed by atoms with Crippen molar-refractivity contribution in [3.8, 4) is 0 Å². The standard InChI is InChI=1S/C20H32O4/c1-11-13(21)8-12-9-16-19(4,24-16)7-6-15-20(5,23-15)10-14(22)17(11)18(12,2)3/h11-12,14-17,22H,6-10H2,1-5H3. The van der Waals surface area contributed by atoms with Gasteiger partial charge in [0.2, 0.25) is 0 Å². The Morgan fingerprint density at radius 1 is 1.08 bits per heavy atom. The zero-order valence-corrected chi connectivity index (χ0v) is 15.7. The van der Waals surface area contributed by atoms with E-state index in [1.165, 1.54) is 0 Å². The summed E-state index contributed by atoms with van der Waals surface area (Å²) in [6.07, 6.45) is 4.21. The normalized spacial score (nSPS) is 56.3. The maximum atomic E-state index is 12.6. The second-order valence-corrected chi connectivity index (χ2v) is 9.89. The van der Waals surface area contributed by atoms with Crippen LogP contribution in [-0.2, 0) is 14.3 Å². The minimum Gasteiger partial charge on any atom is -0.393 e. The van der Waals surface area contributed by atoms with Crippen molar-refractivity contribution >= 4 is 5.78 Å². The average Bonchev–Trinajstić information content (AvgIpc) is 3.30. The predicted octanol–water partition coefficient (Wildman–Crippen LogP) is 3.10. The van der Waals surface area contributed by atoms with Crippen LogP contribution in [-0.4, -0.2) is 40.4 Å². The molecule has 1 N–H and O–H groups in total. The highest BCUT2D eigenvalue weighted by molar-refractivity contribution is 5.82. The fraction of sp³-hybridized carbons (Fsp3) is 0.950. The van der Waals surface area contributed by atoms with Crippen LogP contribution < -0.4 is 0 Å². The molecule has 4 heteroatoms. The van der Waals surface area contributed by atoms with Gasteiger partial charge in [-0.1, -0.05) is 20.8 Å². The van der Waals surface area contributed by atoms with E-state index in [1.54, 1.807) is 0 Å². The maximum Gasteiger partial charge on any atom is 0.136 e. The molecule has 0 spiro atoms. The molecule has 4 rings (SSSR count). The highest BCUT2D eigenvalue weighted by Gasteiger charge is 2.61. The van der Waals surface area contributed by atoms with Crippen LogP contribution in [0.5, 0.6) is 0 Å². The second kappa shape index (κ2) is 5.05. The molecule has 2 heterocycles. The van der Waals surface area contributed by atoms with Crippen LogP contribution in [0.15, 0.2) is 0 Å². The quantitative estimate of drug-likeness (QED) is 0.691. The van der Waals surface area contributed by atoms with Gasteiger partial charge in [-0.15, -0.1) is 0 Å². The molecule has 0 aromatic heterocycles. The minimum atomic E-state index is -0.484. The summed E-state index contributed by atoms with van der Waals surface area (Å²) in [5.74, 6) is 0.508. The maximum absolute atomic E-state index is 12.6. The number of hydrogen-bond acceptors (Lipinski definition) is 4. The molecule has 2 aliphatic carbocycles. The van der Waals surface area contributed by atoms with Gasteiger partial charge in [0, 0.05) is 18.8 Å². The predicted molar refractivity (Wildman–Crippen MR) is 90.6 cm³/mol. The van der Waals surface area contributed by atoms with Crippen molar-refractivity contribution < 1.29 is 19.4 Å². The molecule has 4 fully saturated rings. The van der Waals surface area contributed by atoms with Crippen LogP contribution in [0.4, 0.5) is 0 Å². The fourth-order valence-corrected chi connectivity index (χ4v) is 5.89. The molecule has 24 heavy (non-hydrogen) atoms. The third-order valence-electron chi connectivity index (χ3n) is 7.91. The summed E-state index contributed by atoms with van der Waals surface area (Å²) in [4.78, 5) is 12.6. The van der Waals surface area contributed by atoms with Crippen LogP contribution in [0.3, 0.4) is 0 Å². The number of hydrogen-bond donors (Lipinski definition) is 1. The first-order valence-electron chi connectivity index (χ1n) is 9.63. The summed E-state index contributed by atoms with van der Waals surface area (Å²) in [6.45, 7) is 10.8. The number of carbonyl (C=O) groups is 1. The number of epoxide rings is 2. The number of aliphatic hydroxyl groups is 1. The first-order chi connectivity index (χ1) is 11.1. The Bertz CT molecular complexity index is 558. The minimum absolute atomic E-state index is 0.00476. The third-order valence-corrected chi connectivity index (χ3v) is 7.91. The number of Topliss-reactive ketones (excluding diaryl/α,β-unsaturated/α-hetero) is 1. The SMILES string of the molecule is CC1C(=O)CC2CC3OC3(C)CCC3OC3(C)CC(O)C1C2(C)C. The lowest BCUT2D eigenvalue weighted by atomic mass is 9.54. The van der Waals surface area contributed by atoms with E-state index in [1.807, 2.05) is 6.92 Å². The van der Waals surface area contributed by atoms with E-state index in [0.29, 0.717) is 18.6 Å². The van der Waals surface area contributed by atoms with Crippen molar-refractivity contribution in [1.82, 2.24) is 0 Å². The first kappa shape index (κ1) is 17.0. The molecule has 8 atom stereocenters. The van der Waals surface area contributed by atoms with Crippen LogP contribution in [0.1, 0.15) is 66.7 Å². The smallest absolute Gasteiger partial charge is 0.136 e. The Morgan fingerprint density at radius 2 is 1.75 bits per heavy atom. The molecular formula is C20H32O4. The third kappa shape index (κ3) is 2.48. The zero-order valence-electron chi connectivity index (χ0n) is 15.7. The van der Waals surface area contributed by atoms with Crippen molar-refractivity contribution in [3.63, 3.8) is 0 Å². The Balaban J connectivity index is 1.67. The highest BCUT2D eigenvalue weighted by atomic mass is 16.6. The van der Waals surface area contributed by atoms with Gasteiger partial charge in [0.25, 0.3) is 0 Å². The van der Waals surface area contributed by atoms with Crippen molar-refractivity contribution in [1.29, 1.82) is 0 Å². The van der Waals surface area contributed by atoms with Crippen molar-refractivity contribution in [3.05, 3.63) is 0 Å². The van der Waals surface area contributed by atoms with Gasteiger partial charge in [-0.3, -0.25) is 4.79 Å². The lowest BCUT2D eigenvalue weighted by Gasteiger charge is -2.50. The molecule has 2 aliphatic heterocycles. The van der Waals surface area contributed by atoms with Crippen LogP contribution >= 0.6 is 0 Å². The van der Waals surface area contributed by atoms with Gasteiger partial charge in [-0.25, -0.2) is 0 Å². The second-order valence-electron chi connectivity index (χ2n) is 9.89. The lowest BCUT2D eigenvalue weighted by Crippen LogP contribution is -2.51. The molecule has 136 valence electrons. The fourth-order valence-electron chi connectivity index (χ4n) is 5.89. The lowest BCUT2D eigenvalue weighted by molar-refractivity contribution is -0.142. The molecule has 2 saturated carbocycles. The van der Waals surface area contributed by atoms with E-state index in [2.05, 4.69) is 27.7 Å². The number of rotatable bonds is 0. The summed E-state index contributed by atoms with van der Waals surface area (Å²) in [6, 6.07) is 0. The monoisotopic (exact) mass is 336 g/mol. The number of ether oxygens (including phenoxy) is 2.